The number of aromatic nitrogens is 2. The van der Waals surface area contributed by atoms with E-state index in [1.807, 2.05) is 25.2 Å². The molecular formula is C22H26FN3O2S. The summed E-state index contributed by atoms with van der Waals surface area (Å²) in [6, 6.07) is 16.5. The second-order valence-corrected chi connectivity index (χ2v) is 9.25. The van der Waals surface area contributed by atoms with Gasteiger partial charge in [-0.15, -0.1) is 0 Å². The Hall–Kier alpha value is -2.51. The SMILES string of the molecule is CN(Cc1ccc(F)cc1)Cc1cnc(S(C)(=O)=O)n1CCCc1ccccc1. The number of hydrogen-bond donors (Lipinski definition) is 0. The molecule has 0 amide bonds. The molecule has 0 spiro atoms. The first-order chi connectivity index (χ1) is 13.8. The average molecular weight is 416 g/mol. The van der Waals surface area contributed by atoms with Crippen LogP contribution in [0.15, 0.2) is 66.0 Å². The van der Waals surface area contributed by atoms with Crippen LogP contribution < -0.4 is 0 Å². The van der Waals surface area contributed by atoms with Crippen molar-refractivity contribution in [3.05, 3.63) is 83.4 Å². The molecule has 154 valence electrons. The Morgan fingerprint density at radius 3 is 2.34 bits per heavy atom. The topological polar surface area (TPSA) is 55.2 Å². The van der Waals surface area contributed by atoms with Crippen molar-refractivity contribution in [2.24, 2.45) is 0 Å². The average Bonchev–Trinajstić information content (AvgIpc) is 3.07. The standard InChI is InChI=1S/C22H26FN3O2S/c1-25(16-19-10-12-20(23)13-11-19)17-21-15-24-22(29(2,27)28)26(21)14-6-9-18-7-4-3-5-8-18/h3-5,7-8,10-13,15H,6,9,14,16-17H2,1-2H3. The van der Waals surface area contributed by atoms with E-state index >= 15 is 0 Å². The number of benzene rings is 2. The Kier molecular flexibility index (Phi) is 6.82. The molecule has 0 saturated heterocycles. The Labute approximate surface area is 171 Å². The summed E-state index contributed by atoms with van der Waals surface area (Å²) in [6.45, 7) is 1.76. The third kappa shape index (κ3) is 5.98. The van der Waals surface area contributed by atoms with Crippen LogP contribution in [0.25, 0.3) is 0 Å². The molecule has 0 atom stereocenters. The smallest absolute Gasteiger partial charge is 0.227 e. The lowest BCUT2D eigenvalue weighted by Gasteiger charge is -2.18. The molecule has 0 unspecified atom stereocenters. The molecule has 0 N–H and O–H groups in total. The van der Waals surface area contributed by atoms with Crippen molar-refractivity contribution in [2.45, 2.75) is 37.6 Å². The first-order valence-electron chi connectivity index (χ1n) is 9.54. The van der Waals surface area contributed by atoms with Gasteiger partial charge in [-0.3, -0.25) is 4.90 Å². The van der Waals surface area contributed by atoms with Crippen LogP contribution in [0, 0.1) is 5.82 Å². The number of nitrogens with zero attached hydrogens (tertiary/aromatic N) is 3. The van der Waals surface area contributed by atoms with Gasteiger partial charge >= 0.3 is 0 Å². The third-order valence-electron chi connectivity index (χ3n) is 4.72. The van der Waals surface area contributed by atoms with E-state index in [4.69, 9.17) is 0 Å². The zero-order chi connectivity index (χ0) is 20.9. The number of hydrogen-bond acceptors (Lipinski definition) is 4. The largest absolute Gasteiger partial charge is 0.318 e. The summed E-state index contributed by atoms with van der Waals surface area (Å²) < 4.78 is 39.3. The summed E-state index contributed by atoms with van der Waals surface area (Å²) in [6.07, 6.45) is 4.51. The van der Waals surface area contributed by atoms with Crippen LogP contribution in [-0.2, 0) is 35.9 Å². The van der Waals surface area contributed by atoms with Gasteiger partial charge in [0.15, 0.2) is 0 Å². The van der Waals surface area contributed by atoms with E-state index in [1.165, 1.54) is 24.0 Å². The second-order valence-electron chi connectivity index (χ2n) is 7.34. The maximum absolute atomic E-state index is 13.1. The maximum Gasteiger partial charge on any atom is 0.227 e. The molecule has 3 aromatic rings. The van der Waals surface area contributed by atoms with Crippen molar-refractivity contribution < 1.29 is 12.8 Å². The van der Waals surface area contributed by atoms with E-state index in [9.17, 15) is 12.8 Å². The number of sulfone groups is 1. The van der Waals surface area contributed by atoms with Crippen molar-refractivity contribution in [3.63, 3.8) is 0 Å². The van der Waals surface area contributed by atoms with E-state index in [1.54, 1.807) is 22.9 Å². The molecule has 0 aliphatic heterocycles. The summed E-state index contributed by atoms with van der Waals surface area (Å²) in [5, 5.41) is 0.107. The van der Waals surface area contributed by atoms with Gasteiger partial charge in [-0.05, 0) is 43.1 Å². The molecule has 29 heavy (non-hydrogen) atoms. The van der Waals surface area contributed by atoms with E-state index in [2.05, 4.69) is 22.0 Å². The van der Waals surface area contributed by atoms with Crippen LogP contribution in [0.2, 0.25) is 0 Å². The summed E-state index contributed by atoms with van der Waals surface area (Å²) in [7, 11) is -1.47. The predicted octanol–water partition coefficient (Wildman–Crippen LogP) is 3.69. The molecule has 0 saturated carbocycles. The Balaban J connectivity index is 1.71. The fourth-order valence-electron chi connectivity index (χ4n) is 3.37. The Bertz CT molecular complexity index is 1030. The highest BCUT2D eigenvalue weighted by atomic mass is 32.2. The highest BCUT2D eigenvalue weighted by molar-refractivity contribution is 7.90. The first kappa shape index (κ1) is 21.2. The fourth-order valence-corrected chi connectivity index (χ4v) is 4.23. The molecule has 1 aromatic heterocycles. The van der Waals surface area contributed by atoms with Crippen LogP contribution in [0.4, 0.5) is 4.39 Å². The van der Waals surface area contributed by atoms with Crippen LogP contribution in [0.1, 0.15) is 23.2 Å². The van der Waals surface area contributed by atoms with Gasteiger partial charge in [0.2, 0.25) is 15.0 Å². The quantitative estimate of drug-likeness (QED) is 0.535. The Morgan fingerprint density at radius 1 is 1.00 bits per heavy atom. The Morgan fingerprint density at radius 2 is 1.69 bits per heavy atom. The van der Waals surface area contributed by atoms with Crippen molar-refractivity contribution in [2.75, 3.05) is 13.3 Å². The van der Waals surface area contributed by atoms with E-state index in [-0.39, 0.29) is 11.0 Å². The zero-order valence-corrected chi connectivity index (χ0v) is 17.6. The molecule has 0 aliphatic carbocycles. The fraction of sp³-hybridized carbons (Fsp3) is 0.318. The summed E-state index contributed by atoms with van der Waals surface area (Å²) >= 11 is 0. The minimum atomic E-state index is -3.42. The van der Waals surface area contributed by atoms with Gasteiger partial charge in [-0.1, -0.05) is 42.5 Å². The molecule has 7 heteroatoms. The lowest BCUT2D eigenvalue weighted by Crippen LogP contribution is -2.21. The maximum atomic E-state index is 13.1. The minimum Gasteiger partial charge on any atom is -0.318 e. The zero-order valence-electron chi connectivity index (χ0n) is 16.8. The van der Waals surface area contributed by atoms with Crippen LogP contribution in [0.3, 0.4) is 0 Å². The van der Waals surface area contributed by atoms with Gasteiger partial charge in [0.05, 0.1) is 11.9 Å². The van der Waals surface area contributed by atoms with Crippen molar-refractivity contribution in [1.82, 2.24) is 14.5 Å². The molecule has 2 aromatic carbocycles. The number of halogens is 1. The highest BCUT2D eigenvalue weighted by Crippen LogP contribution is 2.16. The van der Waals surface area contributed by atoms with E-state index in [0.29, 0.717) is 19.6 Å². The lowest BCUT2D eigenvalue weighted by atomic mass is 10.1. The molecule has 0 fully saturated rings. The normalized spacial score (nSPS) is 11.9. The molecule has 0 radical (unpaired) electrons. The predicted molar refractivity (Wildman–Crippen MR) is 112 cm³/mol. The monoisotopic (exact) mass is 415 g/mol. The third-order valence-corrected chi connectivity index (χ3v) is 5.71. The summed E-state index contributed by atoms with van der Waals surface area (Å²) in [4.78, 5) is 6.24. The summed E-state index contributed by atoms with van der Waals surface area (Å²) in [5.74, 6) is -0.259. The molecule has 0 bridgehead atoms. The van der Waals surface area contributed by atoms with Gasteiger partial charge < -0.3 is 4.57 Å². The van der Waals surface area contributed by atoms with Gasteiger partial charge in [0.1, 0.15) is 5.82 Å². The first-order valence-corrected chi connectivity index (χ1v) is 11.4. The molecule has 0 aliphatic rings. The van der Waals surface area contributed by atoms with Gasteiger partial charge in [-0.2, -0.15) is 0 Å². The van der Waals surface area contributed by atoms with Crippen molar-refractivity contribution in [1.29, 1.82) is 0 Å². The minimum absolute atomic E-state index is 0.107. The number of rotatable bonds is 9. The molecular weight excluding hydrogens is 389 g/mol. The second kappa shape index (κ2) is 9.33. The molecule has 1 heterocycles. The van der Waals surface area contributed by atoms with Gasteiger partial charge in [-0.25, -0.2) is 17.8 Å². The van der Waals surface area contributed by atoms with Crippen molar-refractivity contribution >= 4 is 9.84 Å². The lowest BCUT2D eigenvalue weighted by molar-refractivity contribution is 0.307. The summed E-state index contributed by atoms with van der Waals surface area (Å²) in [5.41, 5.74) is 3.07. The van der Waals surface area contributed by atoms with E-state index < -0.39 is 9.84 Å². The molecule has 3 rings (SSSR count). The number of aryl methyl sites for hydroxylation is 1. The van der Waals surface area contributed by atoms with Crippen LogP contribution >= 0.6 is 0 Å². The van der Waals surface area contributed by atoms with E-state index in [0.717, 1.165) is 24.1 Å². The molecule has 5 nitrogen and oxygen atoms in total. The number of imidazole rings is 1. The van der Waals surface area contributed by atoms with Crippen LogP contribution in [-0.4, -0.2) is 36.2 Å². The van der Waals surface area contributed by atoms with Crippen LogP contribution in [0.5, 0.6) is 0 Å². The van der Waals surface area contributed by atoms with Crippen molar-refractivity contribution in [3.8, 4) is 0 Å². The van der Waals surface area contributed by atoms with Gasteiger partial charge in [0, 0.05) is 25.9 Å². The van der Waals surface area contributed by atoms with Gasteiger partial charge in [0.25, 0.3) is 0 Å². The highest BCUT2D eigenvalue weighted by Gasteiger charge is 2.19.